The summed E-state index contributed by atoms with van der Waals surface area (Å²) in [4.78, 5) is 12.8. The van der Waals surface area contributed by atoms with Crippen LogP contribution in [0.4, 0.5) is 0 Å². The van der Waals surface area contributed by atoms with Crippen LogP contribution in [-0.2, 0) is 9.53 Å². The molecule has 5 nitrogen and oxygen atoms in total. The second-order valence-electron chi connectivity index (χ2n) is 3.05. The van der Waals surface area contributed by atoms with Crippen molar-refractivity contribution in [2.75, 3.05) is 33.4 Å². The molecule has 0 aromatic heterocycles. The van der Waals surface area contributed by atoms with E-state index in [1.54, 1.807) is 7.11 Å². The van der Waals surface area contributed by atoms with E-state index in [-0.39, 0.29) is 0 Å². The lowest BCUT2D eigenvalue weighted by atomic mass is 10.1. The summed E-state index contributed by atoms with van der Waals surface area (Å²) in [5.74, 6) is -0.812. The Kier molecular flexibility index (Phi) is 7.37. The highest BCUT2D eigenvalue weighted by Gasteiger charge is 2.22. The summed E-state index contributed by atoms with van der Waals surface area (Å²) in [5.41, 5.74) is 5.37. The van der Waals surface area contributed by atoms with Crippen molar-refractivity contribution in [1.29, 1.82) is 0 Å². The van der Waals surface area contributed by atoms with Gasteiger partial charge in [0.15, 0.2) is 0 Å². The van der Waals surface area contributed by atoms with E-state index in [2.05, 4.69) is 0 Å². The Hall–Kier alpha value is -0.650. The average molecular weight is 204 g/mol. The highest BCUT2D eigenvalue weighted by molar-refractivity contribution is 5.73. The zero-order valence-corrected chi connectivity index (χ0v) is 8.90. The number of aliphatic carboxylic acids is 1. The molecule has 0 saturated carbocycles. The summed E-state index contributed by atoms with van der Waals surface area (Å²) in [6, 6.07) is -0.486. The van der Waals surface area contributed by atoms with Crippen molar-refractivity contribution >= 4 is 5.97 Å². The molecule has 1 atom stereocenters. The Bertz CT molecular complexity index is 164. The van der Waals surface area contributed by atoms with Gasteiger partial charge in [0.05, 0.1) is 6.61 Å². The van der Waals surface area contributed by atoms with Crippen molar-refractivity contribution in [3.63, 3.8) is 0 Å². The SMILES string of the molecule is CCN(CCOC)C(CCN)C(=O)O. The molecule has 0 bridgehead atoms. The largest absolute Gasteiger partial charge is 0.480 e. The molecule has 5 heteroatoms. The molecule has 0 aliphatic rings. The second kappa shape index (κ2) is 7.73. The predicted octanol–water partition coefficient (Wildman–Crippen LogP) is -0.243. The van der Waals surface area contributed by atoms with Gasteiger partial charge in [-0.15, -0.1) is 0 Å². The van der Waals surface area contributed by atoms with Gasteiger partial charge >= 0.3 is 5.97 Å². The summed E-state index contributed by atoms with van der Waals surface area (Å²) in [7, 11) is 1.60. The fourth-order valence-electron chi connectivity index (χ4n) is 1.36. The van der Waals surface area contributed by atoms with E-state index in [4.69, 9.17) is 15.6 Å². The van der Waals surface area contributed by atoms with Crippen LogP contribution in [0.15, 0.2) is 0 Å². The van der Waals surface area contributed by atoms with Crippen molar-refractivity contribution in [2.45, 2.75) is 19.4 Å². The standard InChI is InChI=1S/C9H20N2O3/c1-3-11(6-7-14-2)8(4-5-10)9(12)13/h8H,3-7,10H2,1-2H3,(H,12,13). The number of hydrogen-bond donors (Lipinski definition) is 2. The normalized spacial score (nSPS) is 13.1. The van der Waals surface area contributed by atoms with Crippen LogP contribution in [0.25, 0.3) is 0 Å². The minimum Gasteiger partial charge on any atom is -0.480 e. The number of nitrogens with two attached hydrogens (primary N) is 1. The second-order valence-corrected chi connectivity index (χ2v) is 3.05. The van der Waals surface area contributed by atoms with Crippen LogP contribution in [0, 0.1) is 0 Å². The van der Waals surface area contributed by atoms with Gasteiger partial charge < -0.3 is 15.6 Å². The Balaban J connectivity index is 4.18. The maximum atomic E-state index is 10.9. The number of ether oxygens (including phenoxy) is 1. The molecule has 14 heavy (non-hydrogen) atoms. The lowest BCUT2D eigenvalue weighted by Gasteiger charge is -2.26. The lowest BCUT2D eigenvalue weighted by Crippen LogP contribution is -2.43. The van der Waals surface area contributed by atoms with Crippen LogP contribution in [-0.4, -0.2) is 55.4 Å². The molecular formula is C9H20N2O3. The zero-order valence-electron chi connectivity index (χ0n) is 8.90. The first-order valence-electron chi connectivity index (χ1n) is 4.83. The van der Waals surface area contributed by atoms with Crippen molar-refractivity contribution in [3.8, 4) is 0 Å². The summed E-state index contributed by atoms with van der Waals surface area (Å²) >= 11 is 0. The molecule has 0 aliphatic heterocycles. The molecule has 0 rings (SSSR count). The van der Waals surface area contributed by atoms with Crippen LogP contribution in [0.2, 0.25) is 0 Å². The number of methoxy groups -OCH3 is 1. The lowest BCUT2D eigenvalue weighted by molar-refractivity contribution is -0.143. The van der Waals surface area contributed by atoms with Gasteiger partial charge in [-0.05, 0) is 19.5 Å². The van der Waals surface area contributed by atoms with Gasteiger partial charge in [0, 0.05) is 13.7 Å². The fraction of sp³-hybridized carbons (Fsp3) is 0.889. The molecule has 1 unspecified atom stereocenters. The van der Waals surface area contributed by atoms with Gasteiger partial charge in [-0.1, -0.05) is 6.92 Å². The molecule has 0 aromatic rings. The Morgan fingerprint density at radius 3 is 2.64 bits per heavy atom. The summed E-state index contributed by atoms with van der Waals surface area (Å²) in [6.07, 6.45) is 0.479. The maximum absolute atomic E-state index is 10.9. The van der Waals surface area contributed by atoms with E-state index in [0.29, 0.717) is 32.7 Å². The molecule has 0 heterocycles. The molecule has 0 radical (unpaired) electrons. The van der Waals surface area contributed by atoms with Crippen LogP contribution in [0.1, 0.15) is 13.3 Å². The molecule has 0 spiro atoms. The topological polar surface area (TPSA) is 75.8 Å². The Labute approximate surface area is 84.8 Å². The van der Waals surface area contributed by atoms with Gasteiger partial charge in [-0.25, -0.2) is 0 Å². The van der Waals surface area contributed by atoms with Crippen LogP contribution in [0.5, 0.6) is 0 Å². The Morgan fingerprint density at radius 2 is 2.29 bits per heavy atom. The number of carbonyl (C=O) groups is 1. The molecular weight excluding hydrogens is 184 g/mol. The predicted molar refractivity (Wildman–Crippen MR) is 54.2 cm³/mol. The molecule has 0 fully saturated rings. The van der Waals surface area contributed by atoms with Gasteiger partial charge in [0.25, 0.3) is 0 Å². The van der Waals surface area contributed by atoms with Crippen molar-refractivity contribution in [2.24, 2.45) is 5.73 Å². The molecule has 0 aliphatic carbocycles. The van der Waals surface area contributed by atoms with Gasteiger partial charge in [-0.3, -0.25) is 9.69 Å². The van der Waals surface area contributed by atoms with Crippen molar-refractivity contribution in [1.82, 2.24) is 4.90 Å². The van der Waals surface area contributed by atoms with Gasteiger partial charge in [0.2, 0.25) is 0 Å². The summed E-state index contributed by atoms with van der Waals surface area (Å²) in [6.45, 7) is 4.19. The van der Waals surface area contributed by atoms with E-state index in [1.807, 2.05) is 11.8 Å². The highest BCUT2D eigenvalue weighted by Crippen LogP contribution is 2.03. The maximum Gasteiger partial charge on any atom is 0.320 e. The quantitative estimate of drug-likeness (QED) is 0.570. The molecule has 84 valence electrons. The highest BCUT2D eigenvalue weighted by atomic mass is 16.5. The van der Waals surface area contributed by atoms with Gasteiger partial charge in [0.1, 0.15) is 6.04 Å². The fourth-order valence-corrected chi connectivity index (χ4v) is 1.36. The molecule has 0 aromatic carbocycles. The van der Waals surface area contributed by atoms with E-state index >= 15 is 0 Å². The number of carboxylic acids is 1. The first kappa shape index (κ1) is 13.4. The zero-order chi connectivity index (χ0) is 11.0. The monoisotopic (exact) mass is 204 g/mol. The smallest absolute Gasteiger partial charge is 0.320 e. The number of likely N-dealkylation sites (N-methyl/N-ethyl adjacent to an activating group) is 1. The number of nitrogens with zero attached hydrogens (tertiary/aromatic N) is 1. The van der Waals surface area contributed by atoms with E-state index in [0.717, 1.165) is 0 Å². The van der Waals surface area contributed by atoms with Gasteiger partial charge in [-0.2, -0.15) is 0 Å². The third kappa shape index (κ3) is 4.55. The van der Waals surface area contributed by atoms with Crippen LogP contribution >= 0.6 is 0 Å². The first-order chi connectivity index (χ1) is 6.67. The summed E-state index contributed by atoms with van der Waals surface area (Å²) < 4.78 is 4.92. The van der Waals surface area contributed by atoms with E-state index < -0.39 is 12.0 Å². The van der Waals surface area contributed by atoms with Crippen LogP contribution < -0.4 is 5.73 Å². The molecule has 0 amide bonds. The van der Waals surface area contributed by atoms with Crippen molar-refractivity contribution in [3.05, 3.63) is 0 Å². The minimum atomic E-state index is -0.812. The number of rotatable bonds is 8. The van der Waals surface area contributed by atoms with E-state index in [1.165, 1.54) is 0 Å². The Morgan fingerprint density at radius 1 is 1.64 bits per heavy atom. The van der Waals surface area contributed by atoms with Crippen LogP contribution in [0.3, 0.4) is 0 Å². The van der Waals surface area contributed by atoms with E-state index in [9.17, 15) is 4.79 Å². The molecule has 0 saturated heterocycles. The minimum absolute atomic E-state index is 0.389. The summed E-state index contributed by atoms with van der Waals surface area (Å²) in [5, 5.41) is 8.97. The number of carboxylic acid groups (broad SMARTS) is 1. The average Bonchev–Trinajstić information content (AvgIpc) is 2.17. The van der Waals surface area contributed by atoms with Crippen molar-refractivity contribution < 1.29 is 14.6 Å². The third-order valence-electron chi connectivity index (χ3n) is 2.15. The third-order valence-corrected chi connectivity index (χ3v) is 2.15. The first-order valence-corrected chi connectivity index (χ1v) is 4.83. The number of hydrogen-bond acceptors (Lipinski definition) is 4. The molecule has 3 N–H and O–H groups in total.